The van der Waals surface area contributed by atoms with Crippen LogP contribution in [0.4, 0.5) is 9.18 Å². The summed E-state index contributed by atoms with van der Waals surface area (Å²) in [4.78, 5) is 49.2. The van der Waals surface area contributed by atoms with Gasteiger partial charge in [-0.15, -0.1) is 17.9 Å². The number of benzene rings is 3. The molecule has 10 nitrogen and oxygen atoms in total. The molecule has 3 heterocycles. The van der Waals surface area contributed by atoms with Crippen LogP contribution in [0.1, 0.15) is 16.7 Å². The second-order valence-electron chi connectivity index (χ2n) is 10.7. The van der Waals surface area contributed by atoms with Crippen molar-refractivity contribution in [2.75, 3.05) is 19.6 Å². The summed E-state index contributed by atoms with van der Waals surface area (Å²) in [6.45, 7) is 4.37. The van der Waals surface area contributed by atoms with E-state index in [1.807, 2.05) is 30.3 Å². The molecule has 0 bridgehead atoms. The van der Waals surface area contributed by atoms with Crippen LogP contribution in [0.2, 0.25) is 0 Å². The van der Waals surface area contributed by atoms with E-state index in [4.69, 9.17) is 0 Å². The number of carbonyl (C=O) groups is 3. The van der Waals surface area contributed by atoms with Gasteiger partial charge in [0.15, 0.2) is 0 Å². The quantitative estimate of drug-likeness (QED) is 0.292. The number of hydrazine groups is 1. The predicted molar refractivity (Wildman–Crippen MR) is 164 cm³/mol. The number of phenols is 1. The SMILES string of the molecule is C=CCN1CC(=O)N2[C@@H](Cc3ccc(O)cc3)C(=O)N(Cc3ccc(F)c4scnc34)C[C@@H]2N1C(=O)NCc1ccccc1. The van der Waals surface area contributed by atoms with Gasteiger partial charge in [0.25, 0.3) is 0 Å². The lowest BCUT2D eigenvalue weighted by Gasteiger charge is -2.55. The Hall–Kier alpha value is -4.81. The van der Waals surface area contributed by atoms with E-state index in [1.165, 1.54) is 39.4 Å². The average molecular weight is 615 g/mol. The molecule has 4 aromatic rings. The molecular weight excluding hydrogens is 583 g/mol. The number of aromatic hydroxyl groups is 1. The Bertz CT molecular complexity index is 1700. The van der Waals surface area contributed by atoms with E-state index in [0.29, 0.717) is 15.8 Å². The maximum Gasteiger partial charge on any atom is 0.334 e. The molecule has 2 atom stereocenters. The zero-order valence-corrected chi connectivity index (χ0v) is 24.6. The first-order valence-electron chi connectivity index (χ1n) is 14.2. The Labute approximate surface area is 257 Å². The number of nitrogens with zero attached hydrogens (tertiary/aromatic N) is 5. The van der Waals surface area contributed by atoms with Crippen LogP contribution in [-0.2, 0) is 29.1 Å². The molecule has 3 aromatic carbocycles. The van der Waals surface area contributed by atoms with E-state index >= 15 is 0 Å². The van der Waals surface area contributed by atoms with E-state index in [1.54, 1.807) is 39.7 Å². The molecule has 2 N–H and O–H groups in total. The van der Waals surface area contributed by atoms with Gasteiger partial charge in [0, 0.05) is 26.1 Å². The summed E-state index contributed by atoms with van der Waals surface area (Å²) in [5, 5.41) is 15.9. The standard InChI is InChI=1S/C32H31FN6O4S/c1-2-14-37-19-28(41)38-26(15-21-8-11-24(40)12-9-21)31(42)36(17-23-10-13-25(33)30-29(23)35-20-44-30)18-27(38)39(37)32(43)34-16-22-6-4-3-5-7-22/h2-13,20,26-27,40H,1,14-19H2,(H,34,43)/t26-,27-/m0/s1. The Balaban J connectivity index is 1.37. The molecule has 0 spiro atoms. The fourth-order valence-electron chi connectivity index (χ4n) is 5.86. The first-order valence-corrected chi connectivity index (χ1v) is 15.1. The third-order valence-corrected chi connectivity index (χ3v) is 8.75. The monoisotopic (exact) mass is 614 g/mol. The van der Waals surface area contributed by atoms with E-state index in [9.17, 15) is 23.9 Å². The molecule has 0 aliphatic carbocycles. The Morgan fingerprint density at radius 2 is 1.86 bits per heavy atom. The van der Waals surface area contributed by atoms with Crippen molar-refractivity contribution in [2.45, 2.75) is 31.7 Å². The van der Waals surface area contributed by atoms with Gasteiger partial charge < -0.3 is 20.2 Å². The summed E-state index contributed by atoms with van der Waals surface area (Å²) in [6, 6.07) is 17.6. The first-order chi connectivity index (χ1) is 21.3. The molecule has 2 aliphatic rings. The maximum atomic E-state index is 14.5. The molecule has 12 heteroatoms. The van der Waals surface area contributed by atoms with Gasteiger partial charge in [-0.3, -0.25) is 9.59 Å². The van der Waals surface area contributed by atoms with E-state index in [2.05, 4.69) is 16.9 Å². The van der Waals surface area contributed by atoms with E-state index in [0.717, 1.165) is 11.1 Å². The van der Waals surface area contributed by atoms with Gasteiger partial charge in [0.1, 0.15) is 23.8 Å². The number of aromatic nitrogens is 1. The van der Waals surface area contributed by atoms with Crippen LogP contribution in [0.15, 0.2) is 84.9 Å². The highest BCUT2D eigenvalue weighted by atomic mass is 32.1. The molecule has 2 fully saturated rings. The number of fused-ring (bicyclic) bond motifs is 2. The number of piperazine rings is 1. The molecule has 4 amide bonds. The number of hydrogen-bond acceptors (Lipinski definition) is 7. The largest absolute Gasteiger partial charge is 0.508 e. The van der Waals surface area contributed by atoms with Crippen molar-refractivity contribution in [3.05, 3.63) is 107 Å². The lowest BCUT2D eigenvalue weighted by atomic mass is 9.98. The van der Waals surface area contributed by atoms with Gasteiger partial charge in [0.2, 0.25) is 11.8 Å². The van der Waals surface area contributed by atoms with Gasteiger partial charge in [-0.05, 0) is 34.9 Å². The lowest BCUT2D eigenvalue weighted by molar-refractivity contribution is -0.189. The number of carbonyl (C=O) groups excluding carboxylic acids is 3. The maximum absolute atomic E-state index is 14.5. The average Bonchev–Trinajstić information content (AvgIpc) is 3.52. The van der Waals surface area contributed by atoms with Gasteiger partial charge in [-0.25, -0.2) is 24.2 Å². The number of thiazole rings is 1. The predicted octanol–water partition coefficient (Wildman–Crippen LogP) is 3.88. The van der Waals surface area contributed by atoms with Gasteiger partial charge in [-0.2, -0.15) is 0 Å². The van der Waals surface area contributed by atoms with Crippen molar-refractivity contribution in [1.29, 1.82) is 0 Å². The van der Waals surface area contributed by atoms with Crippen LogP contribution in [-0.4, -0.2) is 79.6 Å². The van der Waals surface area contributed by atoms with E-state index < -0.39 is 18.2 Å². The summed E-state index contributed by atoms with van der Waals surface area (Å²) >= 11 is 1.19. The molecule has 0 saturated carbocycles. The zero-order valence-electron chi connectivity index (χ0n) is 23.8. The van der Waals surface area contributed by atoms with Gasteiger partial charge >= 0.3 is 6.03 Å². The van der Waals surface area contributed by atoms with Crippen LogP contribution in [0, 0.1) is 5.82 Å². The first kappa shape index (κ1) is 29.3. The number of nitrogens with one attached hydrogen (secondary N) is 1. The molecule has 0 unspecified atom stereocenters. The summed E-state index contributed by atoms with van der Waals surface area (Å²) < 4.78 is 14.9. The molecule has 0 radical (unpaired) electrons. The fraction of sp³-hybridized carbons (Fsp3) is 0.250. The highest BCUT2D eigenvalue weighted by Crippen LogP contribution is 2.31. The summed E-state index contributed by atoms with van der Waals surface area (Å²) in [7, 11) is 0. The second-order valence-corrected chi connectivity index (χ2v) is 11.6. The Kier molecular flexibility index (Phi) is 8.27. The summed E-state index contributed by atoms with van der Waals surface area (Å²) in [5.74, 6) is -0.879. The Morgan fingerprint density at radius 3 is 2.61 bits per heavy atom. The van der Waals surface area contributed by atoms with E-state index in [-0.39, 0.29) is 62.5 Å². The van der Waals surface area contributed by atoms with Crippen molar-refractivity contribution in [3.63, 3.8) is 0 Å². The van der Waals surface area contributed by atoms with Crippen LogP contribution in [0.25, 0.3) is 10.2 Å². The third kappa shape index (κ3) is 5.73. The highest BCUT2D eigenvalue weighted by molar-refractivity contribution is 7.16. The zero-order chi connectivity index (χ0) is 30.8. The smallest absolute Gasteiger partial charge is 0.334 e. The van der Waals surface area contributed by atoms with Gasteiger partial charge in [-0.1, -0.05) is 54.6 Å². The molecule has 1 aromatic heterocycles. The number of halogens is 1. The molecule has 2 aliphatic heterocycles. The minimum Gasteiger partial charge on any atom is -0.508 e. The molecule has 44 heavy (non-hydrogen) atoms. The topological polar surface area (TPSA) is 109 Å². The van der Waals surface area contributed by atoms with Crippen molar-refractivity contribution in [2.24, 2.45) is 0 Å². The number of urea groups is 1. The molecular formula is C32H31FN6O4S. The third-order valence-electron chi connectivity index (χ3n) is 7.91. The number of rotatable bonds is 8. The number of hydrogen-bond donors (Lipinski definition) is 2. The normalized spacial score (nSPS) is 18.9. The minimum atomic E-state index is -0.924. The molecule has 2 saturated heterocycles. The van der Waals surface area contributed by atoms with Crippen LogP contribution in [0.5, 0.6) is 5.75 Å². The summed E-state index contributed by atoms with van der Waals surface area (Å²) in [6.07, 6.45) is 0.976. The molecule has 226 valence electrons. The van der Waals surface area contributed by atoms with Crippen molar-refractivity contribution in [3.8, 4) is 5.75 Å². The number of phenolic OH excluding ortho intramolecular Hbond substituents is 1. The second kappa shape index (κ2) is 12.4. The molecule has 6 rings (SSSR count). The number of amides is 4. The Morgan fingerprint density at radius 1 is 1.09 bits per heavy atom. The van der Waals surface area contributed by atoms with Crippen LogP contribution >= 0.6 is 11.3 Å². The van der Waals surface area contributed by atoms with Crippen LogP contribution in [0.3, 0.4) is 0 Å². The van der Waals surface area contributed by atoms with Crippen molar-refractivity contribution in [1.82, 2.24) is 30.1 Å². The van der Waals surface area contributed by atoms with Crippen LogP contribution < -0.4 is 5.32 Å². The lowest BCUT2D eigenvalue weighted by Crippen LogP contribution is -2.76. The highest BCUT2D eigenvalue weighted by Gasteiger charge is 2.51. The van der Waals surface area contributed by atoms with Crippen molar-refractivity contribution >= 4 is 39.4 Å². The van der Waals surface area contributed by atoms with Crippen molar-refractivity contribution < 1.29 is 23.9 Å². The minimum absolute atomic E-state index is 0.0338. The summed E-state index contributed by atoms with van der Waals surface area (Å²) in [5.41, 5.74) is 4.36. The fourth-order valence-corrected chi connectivity index (χ4v) is 6.60. The van der Waals surface area contributed by atoms with Gasteiger partial charge in [0.05, 0.1) is 28.8 Å².